The van der Waals surface area contributed by atoms with Crippen LogP contribution >= 0.6 is 0 Å². The molecule has 0 spiro atoms. The topological polar surface area (TPSA) is 38.7 Å². The number of para-hydroxylation sites is 5. The van der Waals surface area contributed by atoms with Crippen LogP contribution in [0.15, 0.2) is 249 Å². The summed E-state index contributed by atoms with van der Waals surface area (Å²) in [6.07, 6.45) is 2.02. The molecule has 10 aromatic rings. The van der Waals surface area contributed by atoms with Gasteiger partial charge in [0.25, 0.3) is 6.71 Å². The number of nitrogens with zero attached hydrogens (tertiary/aromatic N) is 6. The lowest BCUT2D eigenvalue weighted by Gasteiger charge is -2.43. The predicted molar refractivity (Wildman–Crippen MR) is 271 cm³/mol. The number of hydrogen-bond donors (Lipinski definition) is 0. The quantitative estimate of drug-likeness (QED) is 0.135. The molecule has 0 amide bonds. The fourth-order valence-corrected chi connectivity index (χ4v) is 9.63. The Hall–Kier alpha value is -8.68. The van der Waals surface area contributed by atoms with Crippen molar-refractivity contribution in [2.24, 2.45) is 0 Å². The van der Waals surface area contributed by atoms with Crippen molar-refractivity contribution < 1.29 is 0 Å². The van der Waals surface area contributed by atoms with Gasteiger partial charge in [0.2, 0.25) is 0 Å². The minimum absolute atomic E-state index is 0.186. The molecule has 6 nitrogen and oxygen atoms in total. The van der Waals surface area contributed by atoms with E-state index in [1.54, 1.807) is 0 Å². The van der Waals surface area contributed by atoms with Gasteiger partial charge in [-0.3, -0.25) is 9.80 Å². The molecule has 0 saturated heterocycles. The van der Waals surface area contributed by atoms with E-state index in [1.165, 1.54) is 5.46 Å². The Labute approximate surface area is 379 Å². The van der Waals surface area contributed by atoms with E-state index in [4.69, 9.17) is 9.97 Å². The molecule has 7 heteroatoms. The average molecular weight is 833 g/mol. The highest BCUT2D eigenvalue weighted by molar-refractivity contribution is 7.00. The van der Waals surface area contributed by atoms with E-state index in [0.29, 0.717) is 0 Å². The molecule has 2 aliphatic rings. The van der Waals surface area contributed by atoms with Crippen LogP contribution in [0.3, 0.4) is 0 Å². The van der Waals surface area contributed by atoms with Gasteiger partial charge >= 0.3 is 0 Å². The molecule has 12 rings (SSSR count). The molecule has 306 valence electrons. The van der Waals surface area contributed by atoms with Crippen LogP contribution in [-0.2, 0) is 0 Å². The molecule has 4 heterocycles. The molecule has 0 saturated carbocycles. The van der Waals surface area contributed by atoms with Gasteiger partial charge < -0.3 is 9.80 Å². The van der Waals surface area contributed by atoms with Crippen molar-refractivity contribution in [1.82, 2.24) is 9.97 Å². The third-order valence-corrected chi connectivity index (χ3v) is 12.4. The maximum atomic E-state index is 5.65. The third kappa shape index (κ3) is 6.69. The molecular formula is C58H41BN6. The van der Waals surface area contributed by atoms with Crippen LogP contribution < -0.4 is 36.0 Å². The van der Waals surface area contributed by atoms with Crippen molar-refractivity contribution in [1.29, 1.82) is 0 Å². The van der Waals surface area contributed by atoms with Gasteiger partial charge in [0.1, 0.15) is 11.6 Å². The summed E-state index contributed by atoms with van der Waals surface area (Å²) >= 11 is 0. The zero-order valence-corrected chi connectivity index (χ0v) is 35.4. The highest BCUT2D eigenvalue weighted by atomic mass is 15.2. The Kier molecular flexibility index (Phi) is 9.49. The van der Waals surface area contributed by atoms with Crippen molar-refractivity contribution in [3.8, 4) is 11.3 Å². The van der Waals surface area contributed by atoms with Crippen LogP contribution in [0.5, 0.6) is 0 Å². The number of fused-ring (bicyclic) bond motifs is 4. The van der Waals surface area contributed by atoms with Crippen molar-refractivity contribution in [2.75, 3.05) is 19.6 Å². The smallest absolute Gasteiger partial charge is 0.256 e. The van der Waals surface area contributed by atoms with E-state index in [1.807, 2.05) is 6.20 Å². The first kappa shape index (κ1) is 38.0. The Morgan fingerprint density at radius 1 is 0.354 bits per heavy atom. The van der Waals surface area contributed by atoms with E-state index in [0.717, 1.165) is 90.7 Å². The van der Waals surface area contributed by atoms with Crippen LogP contribution in [0.4, 0.5) is 68.5 Å². The molecule has 0 radical (unpaired) electrons. The summed E-state index contributed by atoms with van der Waals surface area (Å²) in [7, 11) is 0. The molecule has 8 aromatic carbocycles. The third-order valence-electron chi connectivity index (χ3n) is 12.4. The normalized spacial score (nSPS) is 12.2. The van der Waals surface area contributed by atoms with Gasteiger partial charge in [-0.05, 0) is 120 Å². The SMILES string of the molecule is c1ccc(-c2ccc3c(n2)N(c2cccc(N(c4ccccc4)c4ccccc4)c2)c2cccc4c2B3c2cc(N(c3ccccc3)c3ccccc3)cnc2N4c2ccccc2)cc1. The number of hydrogen-bond acceptors (Lipinski definition) is 6. The van der Waals surface area contributed by atoms with Gasteiger partial charge in [0, 0.05) is 56.7 Å². The van der Waals surface area contributed by atoms with Crippen LogP contribution in [0.2, 0.25) is 0 Å². The fourth-order valence-electron chi connectivity index (χ4n) is 9.63. The molecule has 0 bridgehead atoms. The first-order chi connectivity index (χ1) is 32.3. The molecule has 2 aliphatic heterocycles. The van der Waals surface area contributed by atoms with Gasteiger partial charge in [-0.2, -0.15) is 0 Å². The first-order valence-corrected chi connectivity index (χ1v) is 22.0. The van der Waals surface area contributed by atoms with Gasteiger partial charge in [-0.25, -0.2) is 9.97 Å². The summed E-state index contributed by atoms with van der Waals surface area (Å²) in [6.45, 7) is -0.186. The second-order valence-electron chi connectivity index (χ2n) is 16.3. The number of aromatic nitrogens is 2. The van der Waals surface area contributed by atoms with Gasteiger partial charge in [0.05, 0.1) is 17.6 Å². The first-order valence-electron chi connectivity index (χ1n) is 22.0. The number of rotatable bonds is 9. The summed E-state index contributed by atoms with van der Waals surface area (Å²) in [4.78, 5) is 20.4. The van der Waals surface area contributed by atoms with Crippen molar-refractivity contribution >= 4 is 91.6 Å². The van der Waals surface area contributed by atoms with E-state index >= 15 is 0 Å². The largest absolute Gasteiger partial charge is 0.310 e. The van der Waals surface area contributed by atoms with Crippen LogP contribution in [0.1, 0.15) is 0 Å². The van der Waals surface area contributed by atoms with Crippen molar-refractivity contribution in [3.63, 3.8) is 0 Å². The van der Waals surface area contributed by atoms with Gasteiger partial charge in [0.15, 0.2) is 0 Å². The lowest BCUT2D eigenvalue weighted by atomic mass is 9.34. The highest BCUT2D eigenvalue weighted by Crippen LogP contribution is 2.46. The minimum atomic E-state index is -0.186. The molecule has 0 N–H and O–H groups in total. The molecule has 0 atom stereocenters. The summed E-state index contributed by atoms with van der Waals surface area (Å²) in [5.74, 6) is 1.78. The maximum absolute atomic E-state index is 5.65. The monoisotopic (exact) mass is 832 g/mol. The lowest BCUT2D eigenvalue weighted by Crippen LogP contribution is -2.62. The van der Waals surface area contributed by atoms with Crippen LogP contribution in [-0.4, -0.2) is 16.7 Å². The summed E-state index contributed by atoms with van der Waals surface area (Å²) in [5.41, 5.74) is 15.9. The Balaban J connectivity index is 1.11. The van der Waals surface area contributed by atoms with E-state index in [-0.39, 0.29) is 6.71 Å². The maximum Gasteiger partial charge on any atom is 0.256 e. The molecule has 65 heavy (non-hydrogen) atoms. The Bertz CT molecular complexity index is 3200. The molecule has 0 aliphatic carbocycles. The minimum Gasteiger partial charge on any atom is -0.310 e. The van der Waals surface area contributed by atoms with E-state index in [2.05, 4.69) is 262 Å². The van der Waals surface area contributed by atoms with Crippen molar-refractivity contribution in [3.05, 3.63) is 249 Å². The second-order valence-corrected chi connectivity index (χ2v) is 16.3. The molecular weight excluding hydrogens is 791 g/mol. The fraction of sp³-hybridized carbons (Fsp3) is 0. The van der Waals surface area contributed by atoms with E-state index in [9.17, 15) is 0 Å². The standard InChI is InChI=1S/C58H41BN6/c1-7-21-42(22-8-1)53-38-37-51-58(61-53)65(49-34-19-33-48(39-49)62(43-23-9-2-10-24-43)44-25-11-3-12-26-44)55-36-20-35-54-56(55)59(51)52-40-50(41-60-57(52)64(54)47-31-17-6-18-32-47)63(45-27-13-4-14-28-45)46-29-15-5-16-30-46/h1-41H. The van der Waals surface area contributed by atoms with Crippen molar-refractivity contribution in [2.45, 2.75) is 0 Å². The lowest BCUT2D eigenvalue weighted by molar-refractivity contribution is 1.15. The number of benzene rings is 8. The Morgan fingerprint density at radius 2 is 0.815 bits per heavy atom. The van der Waals surface area contributed by atoms with Crippen LogP contribution in [0, 0.1) is 0 Å². The van der Waals surface area contributed by atoms with E-state index < -0.39 is 0 Å². The average Bonchev–Trinajstić information content (AvgIpc) is 3.38. The number of anilines is 12. The highest BCUT2D eigenvalue weighted by Gasteiger charge is 2.45. The summed E-state index contributed by atoms with van der Waals surface area (Å²) in [6, 6.07) is 85.7. The Morgan fingerprint density at radius 3 is 1.38 bits per heavy atom. The molecule has 2 aromatic heterocycles. The zero-order valence-electron chi connectivity index (χ0n) is 35.4. The van der Waals surface area contributed by atoms with Gasteiger partial charge in [-0.15, -0.1) is 0 Å². The van der Waals surface area contributed by atoms with Crippen LogP contribution in [0.25, 0.3) is 11.3 Å². The second kappa shape index (κ2) is 16.2. The predicted octanol–water partition coefficient (Wildman–Crippen LogP) is 13.2. The van der Waals surface area contributed by atoms with Gasteiger partial charge in [-0.1, -0.05) is 140 Å². The summed E-state index contributed by atoms with van der Waals surface area (Å²) < 4.78 is 0. The zero-order chi connectivity index (χ0) is 43.1. The molecule has 0 unspecified atom stereocenters. The molecule has 0 fully saturated rings. The summed E-state index contributed by atoms with van der Waals surface area (Å²) in [5, 5.41) is 0. The number of pyridine rings is 2.